The molecule has 3 fully saturated rings. The second kappa shape index (κ2) is 44.6. The van der Waals surface area contributed by atoms with Crippen LogP contribution in [0.15, 0.2) is 0 Å². The lowest BCUT2D eigenvalue weighted by Gasteiger charge is -2.42. The zero-order chi connectivity index (χ0) is 68.3. The topological polar surface area (TPSA) is 463 Å². The van der Waals surface area contributed by atoms with Crippen molar-refractivity contribution in [2.24, 2.45) is 17.8 Å². The molecule has 3 saturated carbocycles. The lowest BCUT2D eigenvalue weighted by molar-refractivity contribution is -0.142. The van der Waals surface area contributed by atoms with Gasteiger partial charge in [0, 0.05) is 143 Å². The van der Waals surface area contributed by atoms with E-state index in [0.717, 1.165) is 19.5 Å². The summed E-state index contributed by atoms with van der Waals surface area (Å²) in [5, 5.41) is 116. The van der Waals surface area contributed by atoms with Gasteiger partial charge < -0.3 is 111 Å². The van der Waals surface area contributed by atoms with E-state index in [9.17, 15) is 94.1 Å². The van der Waals surface area contributed by atoms with Crippen molar-refractivity contribution >= 4 is 48.9 Å². The molecule has 3 aliphatic carbocycles. The normalized spacial score (nSPS) is 27.4. The number of aliphatic hydroxyl groups is 10. The predicted octanol–water partition coefficient (Wildman–Crippen LogP) is -2.04. The number of carbonyl (C=O) groups excluding carboxylic acids is 7. The number of ether oxygens (including phenoxy) is 3. The van der Waals surface area contributed by atoms with E-state index >= 15 is 0 Å². The maximum absolute atomic E-state index is 13.8. The molecule has 92 heavy (non-hydrogen) atoms. The van der Waals surface area contributed by atoms with Crippen LogP contribution in [-0.2, 0) is 56.9 Å². The molecule has 534 valence electrons. The smallest absolute Gasteiger partial charge is 0.325 e. The van der Waals surface area contributed by atoms with Crippen LogP contribution in [0.5, 0.6) is 0 Å². The van der Waals surface area contributed by atoms with Crippen LogP contribution in [0.3, 0.4) is 0 Å². The number of carbonyl (C=O) groups is 7. The van der Waals surface area contributed by atoms with Crippen molar-refractivity contribution in [1.82, 2.24) is 36.4 Å². The Bertz CT molecular complexity index is 2230. The lowest BCUT2D eigenvalue weighted by atomic mass is 9.79. The zero-order valence-electron chi connectivity index (χ0n) is 54.4. The number of hydrogen-bond donors (Lipinski definition) is 16. The number of aliphatic hydroxyl groups excluding tert-OH is 10. The van der Waals surface area contributed by atoms with E-state index in [2.05, 4.69) is 26.6 Å². The summed E-state index contributed by atoms with van der Waals surface area (Å²) in [4.78, 5) is 101. The number of nitrogens with one attached hydrogen (secondary N) is 5. The maximum atomic E-state index is 13.8. The predicted molar refractivity (Wildman–Crippen MR) is 334 cm³/mol. The first-order valence-corrected chi connectivity index (χ1v) is 35.1. The monoisotopic (exact) mass is 1340 g/mol. The summed E-state index contributed by atoms with van der Waals surface area (Å²) >= 11 is 0. The minimum Gasteiger partial charge on any atom is -0.396 e. The molecule has 3 aliphatic rings. The third-order valence-electron chi connectivity index (χ3n) is 17.3. The third kappa shape index (κ3) is 30.8. The molecule has 0 saturated heterocycles. The van der Waals surface area contributed by atoms with E-state index in [0.29, 0.717) is 103 Å². The molecule has 16 N–H and O–H groups in total. The molecule has 3 rings (SSSR count). The molecule has 8 unspecified atom stereocenters. The fraction of sp³-hybridized carbons (Fsp3) is 0.885. The zero-order valence-corrected chi connectivity index (χ0v) is 55.3. The highest BCUT2D eigenvalue weighted by Crippen LogP contribution is 2.36. The van der Waals surface area contributed by atoms with Crippen molar-refractivity contribution in [3.63, 3.8) is 0 Å². The second-order valence-corrected chi connectivity index (χ2v) is 26.8. The van der Waals surface area contributed by atoms with Gasteiger partial charge in [0.1, 0.15) is 18.3 Å². The van der Waals surface area contributed by atoms with Crippen molar-refractivity contribution in [1.29, 1.82) is 0 Å². The van der Waals surface area contributed by atoms with E-state index in [-0.39, 0.29) is 121 Å². The highest BCUT2D eigenvalue weighted by atomic mass is 31.2. The Morgan fingerprint density at radius 2 is 0.815 bits per heavy atom. The van der Waals surface area contributed by atoms with Gasteiger partial charge in [0.2, 0.25) is 35.4 Å². The van der Waals surface area contributed by atoms with Gasteiger partial charge in [0.25, 0.3) is 5.91 Å². The Kier molecular flexibility index (Phi) is 39.8. The summed E-state index contributed by atoms with van der Waals surface area (Å²) in [6.45, 7) is 4.82. The van der Waals surface area contributed by atoms with Gasteiger partial charge >= 0.3 is 7.60 Å². The van der Waals surface area contributed by atoms with E-state index in [1.807, 2.05) is 0 Å². The number of unbranched alkanes of at least 4 members (excludes halogenated alkanes) is 10. The standard InChI is InChI=1S/C61H112N7O23P/c1-39(72)64-52-46(32-42(35-69)55(79)58(52)82)88-29-16-8-5-11-20-49(76)62-23-19-27-67(51(78)22-13-7-10-18-31-90-48-34-44(37-71)57(81)60(84)54(48)66-41(3)74)25-14-15-26-68(61(85)45(75)38-91-92(4,86)87)28-24-63-50(77)21-12-6-9-17-30-89-47-33-43(36-70)56(80)59(83)53(47)65-40(2)73/h42-48,52-60,69-71,75,79-84H,5-38H2,1-4H3,(H,62,76)(H,63,77)(H,64,72)(H,65,73)(H,66,74)(H,86,87)/t42?,43?,44?,45?,46-,47-,48-,52-,53-,54-,55+,56+,57+,58?,59?,60?/m1/s1. The van der Waals surface area contributed by atoms with Gasteiger partial charge in [-0.05, 0) is 77.0 Å². The summed E-state index contributed by atoms with van der Waals surface area (Å²) in [5.74, 6) is -4.39. The molecule has 0 aromatic heterocycles. The molecule has 31 heteroatoms. The van der Waals surface area contributed by atoms with Crippen LogP contribution in [0.2, 0.25) is 0 Å². The molecule has 0 aromatic rings. The molecule has 0 spiro atoms. The Hall–Kier alpha value is -4.08. The fourth-order valence-electron chi connectivity index (χ4n) is 12.1. The van der Waals surface area contributed by atoms with Gasteiger partial charge in [-0.25, -0.2) is 0 Å². The molecule has 0 radical (unpaired) electrons. The summed E-state index contributed by atoms with van der Waals surface area (Å²) in [7, 11) is -4.05. The molecular weight excluding hydrogens is 1230 g/mol. The average Bonchev–Trinajstić information content (AvgIpc) is 0.897. The SMILES string of the molecule is CC(=O)N[C@H]1C(O)[C@@H](O)C(CO)C[C@H]1OCCCCCCC(=O)NCCCN(CCCCN(CCNC(=O)CCCCCCO[C@@H]1CC(CO)[C@H](O)C(O)[C@@H]1NC(C)=O)C(=O)C(O)COP(C)(=O)O)C(=O)CCCCCCO[C@@H]1CC(CO)[C@H](O)C(O)[C@@H]1NC(C)=O. The fourth-order valence-corrected chi connectivity index (χ4v) is 12.5. The van der Waals surface area contributed by atoms with Gasteiger partial charge in [0.15, 0.2) is 6.10 Å². The van der Waals surface area contributed by atoms with Crippen molar-refractivity contribution < 1.29 is 113 Å². The summed E-state index contributed by atoms with van der Waals surface area (Å²) in [6, 6.07) is -2.53. The lowest BCUT2D eigenvalue weighted by Crippen LogP contribution is -2.61. The third-order valence-corrected chi connectivity index (χ3v) is 17.9. The van der Waals surface area contributed by atoms with Gasteiger partial charge in [-0.15, -0.1) is 0 Å². The Morgan fingerprint density at radius 3 is 1.18 bits per heavy atom. The van der Waals surface area contributed by atoms with Crippen LogP contribution >= 0.6 is 7.60 Å². The van der Waals surface area contributed by atoms with Gasteiger partial charge in [0.05, 0.1) is 61.4 Å². The molecule has 30 nitrogen and oxygen atoms in total. The van der Waals surface area contributed by atoms with Crippen LogP contribution in [0, 0.1) is 17.8 Å². The van der Waals surface area contributed by atoms with Crippen molar-refractivity contribution in [3.8, 4) is 0 Å². The first-order chi connectivity index (χ1) is 43.7. The molecule has 17 atom stereocenters. The molecule has 0 heterocycles. The molecular formula is C61H112N7O23P. The minimum atomic E-state index is -4.05. The van der Waals surface area contributed by atoms with E-state index < -0.39 is 129 Å². The number of rotatable bonds is 46. The van der Waals surface area contributed by atoms with Crippen molar-refractivity contribution in [2.75, 3.05) is 92.2 Å². The average molecular weight is 1340 g/mol. The highest BCUT2D eigenvalue weighted by Gasteiger charge is 2.47. The summed E-state index contributed by atoms with van der Waals surface area (Å²) in [6.07, 6.45) is -0.972. The second-order valence-electron chi connectivity index (χ2n) is 25.0. The largest absolute Gasteiger partial charge is 0.396 e. The Morgan fingerprint density at radius 1 is 0.467 bits per heavy atom. The number of amides is 7. The quantitative estimate of drug-likeness (QED) is 0.0231. The highest BCUT2D eigenvalue weighted by molar-refractivity contribution is 7.51. The van der Waals surface area contributed by atoms with Crippen LogP contribution in [0.1, 0.15) is 156 Å². The van der Waals surface area contributed by atoms with Crippen LogP contribution in [0.4, 0.5) is 0 Å². The molecule has 7 amide bonds. The Labute approximate surface area is 541 Å². The summed E-state index contributed by atoms with van der Waals surface area (Å²) in [5.41, 5.74) is 0. The molecule has 0 bridgehead atoms. The van der Waals surface area contributed by atoms with Gasteiger partial charge in [-0.2, -0.15) is 0 Å². The van der Waals surface area contributed by atoms with Crippen LogP contribution < -0.4 is 26.6 Å². The van der Waals surface area contributed by atoms with Gasteiger partial charge in [-0.1, -0.05) is 38.5 Å². The number of nitrogens with zero attached hydrogens (tertiary/aromatic N) is 2. The van der Waals surface area contributed by atoms with Crippen molar-refractivity contribution in [2.45, 2.75) is 235 Å². The van der Waals surface area contributed by atoms with Crippen LogP contribution in [-0.4, -0.2) is 278 Å². The van der Waals surface area contributed by atoms with Crippen LogP contribution in [0.25, 0.3) is 0 Å². The first kappa shape index (κ1) is 82.2. The van der Waals surface area contributed by atoms with E-state index in [1.54, 1.807) is 4.90 Å². The maximum Gasteiger partial charge on any atom is 0.325 e. The molecule has 0 aromatic carbocycles. The van der Waals surface area contributed by atoms with Crippen molar-refractivity contribution in [3.05, 3.63) is 0 Å². The number of hydrogen-bond acceptors (Lipinski definition) is 22. The van der Waals surface area contributed by atoms with E-state index in [4.69, 9.17) is 18.7 Å². The van der Waals surface area contributed by atoms with E-state index in [1.165, 1.54) is 25.7 Å². The minimum absolute atomic E-state index is 0.0208. The van der Waals surface area contributed by atoms with Gasteiger partial charge in [-0.3, -0.25) is 38.1 Å². The molecule has 0 aliphatic heterocycles. The summed E-state index contributed by atoms with van der Waals surface area (Å²) < 4.78 is 34.7. The Balaban J connectivity index is 1.52. The first-order valence-electron chi connectivity index (χ1n) is 33.0.